The molecule has 0 spiro atoms. The summed E-state index contributed by atoms with van der Waals surface area (Å²) in [5.74, 6) is 0.907. The number of pyridine rings is 1. The summed E-state index contributed by atoms with van der Waals surface area (Å²) in [5, 5.41) is 3.09. The topological polar surface area (TPSA) is 28.2 Å². The van der Waals surface area contributed by atoms with Gasteiger partial charge in [-0.25, -0.2) is 4.98 Å². The average molecular weight is 253 g/mol. The maximum absolute atomic E-state index is 4.26. The molecule has 1 N–H and O–H groups in total. The van der Waals surface area contributed by atoms with E-state index in [9.17, 15) is 0 Å². The van der Waals surface area contributed by atoms with E-state index in [1.165, 1.54) is 42.7 Å². The molecule has 98 valence electrons. The van der Waals surface area contributed by atoms with E-state index in [0.29, 0.717) is 0 Å². The Morgan fingerprint density at radius 3 is 2.63 bits per heavy atom. The first-order valence-electron chi connectivity index (χ1n) is 6.86. The maximum atomic E-state index is 4.26. The van der Waals surface area contributed by atoms with Gasteiger partial charge in [-0.1, -0.05) is 12.1 Å². The van der Waals surface area contributed by atoms with Crippen molar-refractivity contribution in [2.24, 2.45) is 0 Å². The molecule has 3 nitrogen and oxygen atoms in total. The van der Waals surface area contributed by atoms with E-state index in [2.05, 4.69) is 51.6 Å². The molecule has 1 aromatic carbocycles. The molecule has 3 heteroatoms. The number of anilines is 2. The van der Waals surface area contributed by atoms with Crippen LogP contribution in [0.1, 0.15) is 12.8 Å². The Kier molecular flexibility index (Phi) is 3.36. The van der Waals surface area contributed by atoms with E-state index in [-0.39, 0.29) is 0 Å². The second-order valence-corrected chi connectivity index (χ2v) is 4.92. The van der Waals surface area contributed by atoms with Crippen molar-refractivity contribution in [2.75, 3.05) is 30.4 Å². The second-order valence-electron chi connectivity index (χ2n) is 4.92. The van der Waals surface area contributed by atoms with Crippen molar-refractivity contribution < 1.29 is 0 Å². The molecule has 0 radical (unpaired) electrons. The van der Waals surface area contributed by atoms with Crippen LogP contribution in [-0.2, 0) is 0 Å². The zero-order valence-electron chi connectivity index (χ0n) is 11.3. The Hall–Kier alpha value is -2.03. The minimum atomic E-state index is 0.907. The van der Waals surface area contributed by atoms with E-state index in [4.69, 9.17) is 0 Å². The molecule has 3 rings (SSSR count). The average Bonchev–Trinajstić information content (AvgIpc) is 3.02. The standard InChI is InChI=1S/C16H19N3/c1-17-16-12-14(7-8-18-16)13-5-4-6-15(11-13)19-9-2-3-10-19/h4-8,11-12H,2-3,9-10H2,1H3,(H,17,18). The summed E-state index contributed by atoms with van der Waals surface area (Å²) >= 11 is 0. The lowest BCUT2D eigenvalue weighted by molar-refractivity contribution is 0.949. The lowest BCUT2D eigenvalue weighted by Crippen LogP contribution is -2.17. The Morgan fingerprint density at radius 1 is 1.05 bits per heavy atom. The maximum Gasteiger partial charge on any atom is 0.126 e. The first kappa shape index (κ1) is 12.0. The molecule has 1 fully saturated rings. The third-order valence-electron chi connectivity index (χ3n) is 3.67. The number of nitrogens with one attached hydrogen (secondary N) is 1. The van der Waals surface area contributed by atoms with Crippen LogP contribution in [0.3, 0.4) is 0 Å². The van der Waals surface area contributed by atoms with Gasteiger partial charge in [0.1, 0.15) is 5.82 Å². The molecule has 1 aliphatic heterocycles. The largest absolute Gasteiger partial charge is 0.373 e. The minimum Gasteiger partial charge on any atom is -0.373 e. The van der Waals surface area contributed by atoms with E-state index in [1.54, 1.807) is 0 Å². The highest BCUT2D eigenvalue weighted by Crippen LogP contribution is 2.27. The number of rotatable bonds is 3. The molecule has 2 heterocycles. The first-order chi connectivity index (χ1) is 9.36. The number of aromatic nitrogens is 1. The van der Waals surface area contributed by atoms with Crippen LogP contribution < -0.4 is 10.2 Å². The highest BCUT2D eigenvalue weighted by molar-refractivity contribution is 5.70. The van der Waals surface area contributed by atoms with Crippen molar-refractivity contribution >= 4 is 11.5 Å². The third-order valence-corrected chi connectivity index (χ3v) is 3.67. The van der Waals surface area contributed by atoms with Gasteiger partial charge in [0, 0.05) is 32.0 Å². The van der Waals surface area contributed by atoms with Gasteiger partial charge in [0.2, 0.25) is 0 Å². The molecule has 0 unspecified atom stereocenters. The van der Waals surface area contributed by atoms with Gasteiger partial charge in [0.25, 0.3) is 0 Å². The highest BCUT2D eigenvalue weighted by atomic mass is 15.1. The van der Waals surface area contributed by atoms with Crippen molar-refractivity contribution in [3.8, 4) is 11.1 Å². The Bertz CT molecular complexity index is 559. The molecule has 1 saturated heterocycles. The van der Waals surface area contributed by atoms with Crippen LogP contribution in [0.2, 0.25) is 0 Å². The predicted octanol–water partition coefficient (Wildman–Crippen LogP) is 3.39. The number of hydrogen-bond donors (Lipinski definition) is 1. The number of nitrogens with zero attached hydrogens (tertiary/aromatic N) is 2. The fourth-order valence-corrected chi connectivity index (χ4v) is 2.60. The van der Waals surface area contributed by atoms with E-state index >= 15 is 0 Å². The lowest BCUT2D eigenvalue weighted by Gasteiger charge is -2.18. The molecular weight excluding hydrogens is 234 g/mol. The predicted molar refractivity (Wildman–Crippen MR) is 80.7 cm³/mol. The van der Waals surface area contributed by atoms with Gasteiger partial charge in [-0.15, -0.1) is 0 Å². The van der Waals surface area contributed by atoms with E-state index in [1.807, 2.05) is 13.2 Å². The van der Waals surface area contributed by atoms with Gasteiger partial charge in [0.05, 0.1) is 0 Å². The Morgan fingerprint density at radius 2 is 1.84 bits per heavy atom. The molecule has 0 saturated carbocycles. The van der Waals surface area contributed by atoms with Gasteiger partial charge in [0.15, 0.2) is 0 Å². The molecule has 2 aromatic rings. The molecule has 1 aliphatic rings. The normalized spacial score (nSPS) is 14.7. The second kappa shape index (κ2) is 5.31. The molecule has 1 aromatic heterocycles. The summed E-state index contributed by atoms with van der Waals surface area (Å²) in [6.07, 6.45) is 4.47. The molecular formula is C16H19N3. The zero-order chi connectivity index (χ0) is 13.1. The summed E-state index contributed by atoms with van der Waals surface area (Å²) in [6, 6.07) is 12.9. The van der Waals surface area contributed by atoms with E-state index < -0.39 is 0 Å². The third kappa shape index (κ3) is 2.55. The summed E-state index contributed by atoms with van der Waals surface area (Å²) in [6.45, 7) is 2.36. The molecule has 0 bridgehead atoms. The SMILES string of the molecule is CNc1cc(-c2cccc(N3CCCC3)c2)ccn1. The van der Waals surface area contributed by atoms with Gasteiger partial charge >= 0.3 is 0 Å². The van der Waals surface area contributed by atoms with Crippen LogP contribution in [0.5, 0.6) is 0 Å². The Labute approximate surface area is 114 Å². The molecule has 0 aliphatic carbocycles. The van der Waals surface area contributed by atoms with Crippen molar-refractivity contribution in [3.63, 3.8) is 0 Å². The van der Waals surface area contributed by atoms with Crippen LogP contribution in [0.25, 0.3) is 11.1 Å². The van der Waals surface area contributed by atoms with Gasteiger partial charge < -0.3 is 10.2 Å². The first-order valence-corrected chi connectivity index (χ1v) is 6.86. The molecule has 0 atom stereocenters. The van der Waals surface area contributed by atoms with Gasteiger partial charge in [-0.2, -0.15) is 0 Å². The summed E-state index contributed by atoms with van der Waals surface area (Å²) < 4.78 is 0. The zero-order valence-corrected chi connectivity index (χ0v) is 11.3. The minimum absolute atomic E-state index is 0.907. The van der Waals surface area contributed by atoms with Gasteiger partial charge in [-0.3, -0.25) is 0 Å². The Balaban J connectivity index is 1.93. The summed E-state index contributed by atoms with van der Waals surface area (Å²) in [5.41, 5.74) is 3.79. The van der Waals surface area contributed by atoms with Crippen LogP contribution in [-0.4, -0.2) is 25.1 Å². The fourth-order valence-electron chi connectivity index (χ4n) is 2.60. The molecule has 0 amide bonds. The van der Waals surface area contributed by atoms with Crippen molar-refractivity contribution in [3.05, 3.63) is 42.6 Å². The smallest absolute Gasteiger partial charge is 0.126 e. The van der Waals surface area contributed by atoms with Crippen molar-refractivity contribution in [1.82, 2.24) is 4.98 Å². The summed E-state index contributed by atoms with van der Waals surface area (Å²) in [4.78, 5) is 6.72. The number of benzene rings is 1. The highest BCUT2D eigenvalue weighted by Gasteiger charge is 2.12. The fraction of sp³-hybridized carbons (Fsp3) is 0.312. The van der Waals surface area contributed by atoms with Crippen LogP contribution in [0.15, 0.2) is 42.6 Å². The van der Waals surface area contributed by atoms with Crippen LogP contribution in [0.4, 0.5) is 11.5 Å². The van der Waals surface area contributed by atoms with E-state index in [0.717, 1.165) is 5.82 Å². The van der Waals surface area contributed by atoms with Crippen LogP contribution in [0, 0.1) is 0 Å². The quantitative estimate of drug-likeness (QED) is 0.908. The van der Waals surface area contributed by atoms with Crippen molar-refractivity contribution in [1.29, 1.82) is 0 Å². The molecule has 19 heavy (non-hydrogen) atoms. The lowest BCUT2D eigenvalue weighted by atomic mass is 10.1. The summed E-state index contributed by atoms with van der Waals surface area (Å²) in [7, 11) is 1.90. The van der Waals surface area contributed by atoms with Crippen LogP contribution >= 0.6 is 0 Å². The monoisotopic (exact) mass is 253 g/mol. The van der Waals surface area contributed by atoms with Crippen molar-refractivity contribution in [2.45, 2.75) is 12.8 Å². The number of hydrogen-bond acceptors (Lipinski definition) is 3. The van der Waals surface area contributed by atoms with Gasteiger partial charge in [-0.05, 0) is 48.2 Å².